The molecule has 13 heteroatoms. The highest BCUT2D eigenvalue weighted by atomic mass is 19.4. The highest BCUT2D eigenvalue weighted by molar-refractivity contribution is 6.00. The average Bonchev–Trinajstić information content (AvgIpc) is 3.75. The molecule has 0 spiro atoms. The zero-order valence-corrected chi connectivity index (χ0v) is 23.0. The number of aliphatic hydroxyl groups is 1. The third-order valence-electron chi connectivity index (χ3n) is 7.63. The second-order valence-electron chi connectivity index (χ2n) is 11.0. The van der Waals surface area contributed by atoms with E-state index in [2.05, 4.69) is 15.3 Å². The third kappa shape index (κ3) is 5.15. The zero-order valence-electron chi connectivity index (χ0n) is 23.0. The number of hydrogen-bond acceptors (Lipinski definition) is 7. The molecule has 1 aliphatic heterocycles. The Hall–Kier alpha value is -4.83. The van der Waals surface area contributed by atoms with Crippen molar-refractivity contribution in [1.29, 1.82) is 5.26 Å². The Bertz CT molecular complexity index is 1840. The van der Waals surface area contributed by atoms with Gasteiger partial charge in [0.15, 0.2) is 5.75 Å². The fourth-order valence-electron chi connectivity index (χ4n) is 4.91. The lowest BCUT2D eigenvalue weighted by molar-refractivity contribution is -0.265. The molecule has 1 amide bonds. The second kappa shape index (κ2) is 10.4. The Labute approximate surface area is 247 Å². The maximum atomic E-state index is 14.7. The van der Waals surface area contributed by atoms with E-state index in [1.165, 1.54) is 31.2 Å². The smallest absolute Gasteiger partial charge is 0.424 e. The summed E-state index contributed by atoms with van der Waals surface area (Å²) in [6.07, 6.45) is -2.97. The van der Waals surface area contributed by atoms with Crippen LogP contribution in [0.2, 0.25) is 0 Å². The van der Waals surface area contributed by atoms with E-state index in [1.807, 2.05) is 6.07 Å². The number of pyridine rings is 2. The quantitative estimate of drug-likeness (QED) is 0.267. The van der Waals surface area contributed by atoms with Crippen molar-refractivity contribution in [2.45, 2.75) is 43.1 Å². The summed E-state index contributed by atoms with van der Waals surface area (Å²) in [6.45, 7) is -0.0986. The van der Waals surface area contributed by atoms with E-state index < -0.39 is 47.0 Å². The highest BCUT2D eigenvalue weighted by Crippen LogP contribution is 2.47. The summed E-state index contributed by atoms with van der Waals surface area (Å²) >= 11 is 0. The molecule has 8 nitrogen and oxygen atoms in total. The molecule has 3 heterocycles. The first-order chi connectivity index (χ1) is 20.8. The van der Waals surface area contributed by atoms with Gasteiger partial charge in [-0.3, -0.25) is 4.79 Å². The molecule has 1 unspecified atom stereocenters. The maximum Gasteiger partial charge on any atom is 0.424 e. The summed E-state index contributed by atoms with van der Waals surface area (Å²) in [7, 11) is 0. The molecule has 0 saturated heterocycles. The molecule has 1 saturated carbocycles. The van der Waals surface area contributed by atoms with Gasteiger partial charge in [-0.05, 0) is 68.3 Å². The largest absolute Gasteiger partial charge is 0.489 e. The van der Waals surface area contributed by atoms with Gasteiger partial charge < -0.3 is 19.9 Å². The first kappa shape index (κ1) is 29.3. The van der Waals surface area contributed by atoms with E-state index in [0.717, 1.165) is 43.3 Å². The van der Waals surface area contributed by atoms with Crippen molar-refractivity contribution < 1.29 is 41.3 Å². The van der Waals surface area contributed by atoms with Gasteiger partial charge in [0.2, 0.25) is 5.60 Å². The normalized spacial score (nSPS) is 19.0. The number of fused-ring (bicyclic) bond motifs is 2. The number of nitrogens with zero attached hydrogens (tertiary/aromatic N) is 3. The molecule has 0 radical (unpaired) electrons. The van der Waals surface area contributed by atoms with Crippen LogP contribution in [0.15, 0.2) is 54.7 Å². The van der Waals surface area contributed by atoms with Crippen molar-refractivity contribution in [3.63, 3.8) is 0 Å². The van der Waals surface area contributed by atoms with Gasteiger partial charge in [0, 0.05) is 22.1 Å². The Morgan fingerprint density at radius 2 is 1.89 bits per heavy atom. The third-order valence-corrected chi connectivity index (χ3v) is 7.63. The van der Waals surface area contributed by atoms with Crippen LogP contribution in [0, 0.1) is 23.0 Å². The first-order valence-corrected chi connectivity index (χ1v) is 13.5. The summed E-state index contributed by atoms with van der Waals surface area (Å²) in [5.41, 5.74) is -5.81. The Kier molecular flexibility index (Phi) is 6.92. The fraction of sp³-hybridized carbons (Fsp3) is 0.290. The van der Waals surface area contributed by atoms with Crippen molar-refractivity contribution in [3.8, 4) is 28.8 Å². The zero-order chi connectivity index (χ0) is 31.4. The summed E-state index contributed by atoms with van der Waals surface area (Å²) in [5, 5.41) is 23.4. The van der Waals surface area contributed by atoms with Gasteiger partial charge in [0.05, 0.1) is 30.6 Å². The number of benzene rings is 2. The van der Waals surface area contributed by atoms with E-state index in [-0.39, 0.29) is 57.5 Å². The van der Waals surface area contributed by atoms with Crippen LogP contribution in [-0.2, 0) is 11.0 Å². The molecule has 2 aromatic heterocycles. The van der Waals surface area contributed by atoms with Gasteiger partial charge in [0.1, 0.15) is 40.6 Å². The lowest BCUT2D eigenvalue weighted by Gasteiger charge is -2.31. The predicted octanol–water partition coefficient (Wildman–Crippen LogP) is 5.47. The molecule has 2 aliphatic rings. The predicted molar refractivity (Wildman–Crippen MR) is 146 cm³/mol. The molecule has 2 atom stereocenters. The second-order valence-corrected chi connectivity index (χ2v) is 11.0. The van der Waals surface area contributed by atoms with Gasteiger partial charge in [0.25, 0.3) is 5.91 Å². The number of hydrogen-bond donors (Lipinski definition) is 2. The van der Waals surface area contributed by atoms with Crippen LogP contribution in [0.3, 0.4) is 0 Å². The molecule has 2 aromatic carbocycles. The van der Waals surface area contributed by atoms with Crippen LogP contribution >= 0.6 is 0 Å². The molecule has 0 bridgehead atoms. The standard InChI is InChI=1S/C31H23F5N4O4/c1-29(13-37)15-43-27-22(29)11-24(40-26(27)16-2-4-19(32)5-3-16)30(42,31(34,35)36)14-39-28(41)18-8-17-9-20(33)12-38-25(17)23(10-18)44-21-6-7-21/h2-5,8-12,21,42H,6-7,14-15H2,1H3,(H,39,41)/t29-,30?/m0/s1. The number of rotatable bonds is 7. The van der Waals surface area contributed by atoms with Crippen LogP contribution in [0.5, 0.6) is 11.5 Å². The van der Waals surface area contributed by atoms with E-state index in [9.17, 15) is 37.1 Å². The van der Waals surface area contributed by atoms with Crippen LogP contribution in [0.1, 0.15) is 41.4 Å². The lowest BCUT2D eigenvalue weighted by atomic mass is 9.83. The van der Waals surface area contributed by atoms with Crippen LogP contribution in [0.25, 0.3) is 22.2 Å². The molecule has 1 aliphatic carbocycles. The summed E-state index contributed by atoms with van der Waals surface area (Å²) in [5.74, 6) is -2.10. The molecule has 44 heavy (non-hydrogen) atoms. The highest BCUT2D eigenvalue weighted by Gasteiger charge is 2.57. The van der Waals surface area contributed by atoms with Gasteiger partial charge in [-0.25, -0.2) is 18.7 Å². The van der Waals surface area contributed by atoms with Crippen LogP contribution in [-0.4, -0.2) is 46.4 Å². The van der Waals surface area contributed by atoms with Gasteiger partial charge in [-0.15, -0.1) is 0 Å². The number of carbonyl (C=O) groups excluding carboxylic acids is 1. The van der Waals surface area contributed by atoms with Crippen LogP contribution < -0.4 is 14.8 Å². The Morgan fingerprint density at radius 1 is 1.16 bits per heavy atom. The maximum absolute atomic E-state index is 14.7. The molecule has 226 valence electrons. The van der Waals surface area contributed by atoms with E-state index in [1.54, 1.807) is 0 Å². The number of nitrogens with one attached hydrogen (secondary N) is 1. The summed E-state index contributed by atoms with van der Waals surface area (Å²) in [6, 6.07) is 11.3. The minimum absolute atomic E-state index is 0.0261. The summed E-state index contributed by atoms with van der Waals surface area (Å²) in [4.78, 5) is 21.3. The van der Waals surface area contributed by atoms with Crippen molar-refractivity contribution in [3.05, 3.63) is 83.2 Å². The Morgan fingerprint density at radius 3 is 2.55 bits per heavy atom. The van der Waals surface area contributed by atoms with Gasteiger partial charge in [-0.1, -0.05) is 0 Å². The van der Waals surface area contributed by atoms with E-state index >= 15 is 0 Å². The number of carbonyl (C=O) groups is 1. The molecule has 6 rings (SSSR count). The number of amides is 1. The first-order valence-electron chi connectivity index (χ1n) is 13.5. The number of alkyl halides is 3. The minimum atomic E-state index is -5.36. The van der Waals surface area contributed by atoms with Crippen molar-refractivity contribution >= 4 is 16.8 Å². The average molecular weight is 611 g/mol. The molecular formula is C31H23F5N4O4. The number of halogens is 5. The topological polar surface area (TPSA) is 117 Å². The summed E-state index contributed by atoms with van der Waals surface area (Å²) < 4.78 is 83.0. The molecule has 2 N–H and O–H groups in total. The van der Waals surface area contributed by atoms with E-state index in [4.69, 9.17) is 9.47 Å². The number of nitriles is 1. The molecule has 1 fully saturated rings. The fourth-order valence-corrected chi connectivity index (χ4v) is 4.91. The van der Waals surface area contributed by atoms with Gasteiger partial charge in [-0.2, -0.15) is 18.4 Å². The van der Waals surface area contributed by atoms with Crippen LogP contribution in [0.4, 0.5) is 22.0 Å². The SMILES string of the molecule is C[C@]1(C#N)COc2c1cc(C(O)(CNC(=O)c1cc(OC3CC3)c3ncc(F)cc3c1)C(F)(F)F)nc2-c1ccc(F)cc1. The van der Waals surface area contributed by atoms with Gasteiger partial charge >= 0.3 is 6.18 Å². The van der Waals surface area contributed by atoms with E-state index in [0.29, 0.717) is 0 Å². The number of aromatic nitrogens is 2. The lowest BCUT2D eigenvalue weighted by Crippen LogP contribution is -2.51. The van der Waals surface area contributed by atoms with Crippen molar-refractivity contribution in [2.75, 3.05) is 13.2 Å². The molecule has 4 aromatic rings. The minimum Gasteiger partial charge on any atom is -0.489 e. The molecular weight excluding hydrogens is 587 g/mol. The van der Waals surface area contributed by atoms with Crippen molar-refractivity contribution in [1.82, 2.24) is 15.3 Å². The number of ether oxygens (including phenoxy) is 2. The van der Waals surface area contributed by atoms with Crippen molar-refractivity contribution in [2.24, 2.45) is 0 Å². The monoisotopic (exact) mass is 610 g/mol. The Balaban J connectivity index is 1.39.